The number of rotatable bonds is 3. The highest BCUT2D eigenvalue weighted by molar-refractivity contribution is 6.31. The van der Waals surface area contributed by atoms with Gasteiger partial charge in [0.25, 0.3) is 0 Å². The van der Waals surface area contributed by atoms with Crippen molar-refractivity contribution in [1.29, 1.82) is 0 Å². The zero-order valence-corrected chi connectivity index (χ0v) is 17.9. The molecule has 0 fully saturated rings. The maximum Gasteiger partial charge on any atom is 0.416 e. The van der Waals surface area contributed by atoms with E-state index in [0.717, 1.165) is 46.0 Å². The molecule has 0 saturated heterocycles. The van der Waals surface area contributed by atoms with Crippen LogP contribution in [-0.2, 0) is 12.6 Å². The fourth-order valence-electron chi connectivity index (χ4n) is 3.71. The Morgan fingerprint density at radius 1 is 0.969 bits per heavy atom. The minimum Gasteiger partial charge on any atom is -0.350 e. The third-order valence-electron chi connectivity index (χ3n) is 5.23. The van der Waals surface area contributed by atoms with Crippen LogP contribution >= 0.6 is 23.2 Å². The predicted molar refractivity (Wildman–Crippen MR) is 119 cm³/mol. The quantitative estimate of drug-likeness (QED) is 0.422. The fourth-order valence-corrected chi connectivity index (χ4v) is 4.03. The third-order valence-corrected chi connectivity index (χ3v) is 5.71. The van der Waals surface area contributed by atoms with Gasteiger partial charge in [-0.05, 0) is 66.1 Å². The average Bonchev–Trinajstić information content (AvgIpc) is 3.09. The predicted octanol–water partition coefficient (Wildman–Crippen LogP) is 6.64. The van der Waals surface area contributed by atoms with Gasteiger partial charge in [0, 0.05) is 21.5 Å². The molecule has 1 aliphatic rings. The van der Waals surface area contributed by atoms with Gasteiger partial charge in [0.1, 0.15) is 0 Å². The second-order valence-corrected chi connectivity index (χ2v) is 8.16. The number of carbonyl (C=O) groups is 1. The van der Waals surface area contributed by atoms with E-state index in [-0.39, 0.29) is 11.6 Å². The highest BCUT2D eigenvalue weighted by Gasteiger charge is 2.33. The SMILES string of the molecule is NC(=O)N(/N=C1/c2ccc(Cl)cc2CC1c1ccc(Cl)cc1)c1ccc(C(F)(F)F)cc1. The van der Waals surface area contributed by atoms with Crippen LogP contribution in [0.3, 0.4) is 0 Å². The molecular weight excluding hydrogens is 462 g/mol. The Bertz CT molecular complexity index is 1190. The van der Waals surface area contributed by atoms with Crippen molar-refractivity contribution in [2.45, 2.75) is 18.5 Å². The highest BCUT2D eigenvalue weighted by atomic mass is 35.5. The van der Waals surface area contributed by atoms with Crippen molar-refractivity contribution < 1.29 is 18.0 Å². The van der Waals surface area contributed by atoms with Crippen LogP contribution in [0, 0.1) is 0 Å². The number of primary amides is 1. The summed E-state index contributed by atoms with van der Waals surface area (Å²) >= 11 is 12.2. The van der Waals surface area contributed by atoms with Gasteiger partial charge in [-0.3, -0.25) is 0 Å². The molecule has 4 rings (SSSR count). The first-order valence-corrected chi connectivity index (χ1v) is 10.3. The molecule has 32 heavy (non-hydrogen) atoms. The van der Waals surface area contributed by atoms with Gasteiger partial charge < -0.3 is 5.73 Å². The van der Waals surface area contributed by atoms with Crippen LogP contribution in [0.15, 0.2) is 71.8 Å². The maximum atomic E-state index is 12.9. The minimum atomic E-state index is -4.49. The van der Waals surface area contributed by atoms with Gasteiger partial charge in [-0.15, -0.1) is 0 Å². The summed E-state index contributed by atoms with van der Waals surface area (Å²) in [6.07, 6.45) is -3.92. The zero-order chi connectivity index (χ0) is 23.0. The molecule has 3 aromatic carbocycles. The molecule has 9 heteroatoms. The number of carbonyl (C=O) groups excluding carboxylic acids is 1. The Labute approximate surface area is 192 Å². The van der Waals surface area contributed by atoms with Crippen molar-refractivity contribution in [2.24, 2.45) is 10.8 Å². The molecule has 0 radical (unpaired) electrons. The van der Waals surface area contributed by atoms with Crippen LogP contribution in [0.25, 0.3) is 0 Å². The number of hydrogen-bond acceptors (Lipinski definition) is 2. The number of nitrogens with two attached hydrogens (primary N) is 1. The molecule has 2 N–H and O–H groups in total. The first kappa shape index (κ1) is 22.2. The van der Waals surface area contributed by atoms with E-state index in [1.54, 1.807) is 24.3 Å². The summed E-state index contributed by atoms with van der Waals surface area (Å²) in [7, 11) is 0. The van der Waals surface area contributed by atoms with E-state index in [0.29, 0.717) is 22.2 Å². The standard InChI is InChI=1S/C23H16Cl2F3N3O/c24-16-5-1-13(2-6-16)20-12-14-11-17(25)7-10-19(14)21(20)30-31(22(29)32)18-8-3-15(4-9-18)23(26,27)28/h1-11,20H,12H2,(H2,29,32)/b30-21-. The van der Waals surface area contributed by atoms with Crippen molar-refractivity contribution in [3.63, 3.8) is 0 Å². The number of urea groups is 1. The van der Waals surface area contributed by atoms with Gasteiger partial charge in [0.05, 0.1) is 17.0 Å². The Hall–Kier alpha value is -3.03. The van der Waals surface area contributed by atoms with Gasteiger partial charge in [-0.25, -0.2) is 4.79 Å². The normalized spacial score (nSPS) is 16.8. The number of hydrogen-bond donors (Lipinski definition) is 1. The summed E-state index contributed by atoms with van der Waals surface area (Å²) < 4.78 is 38.8. The molecular formula is C23H16Cl2F3N3O. The lowest BCUT2D eigenvalue weighted by Crippen LogP contribution is -2.33. The summed E-state index contributed by atoms with van der Waals surface area (Å²) in [6.45, 7) is 0. The molecule has 4 nitrogen and oxygen atoms in total. The molecule has 0 spiro atoms. The van der Waals surface area contributed by atoms with E-state index in [4.69, 9.17) is 28.9 Å². The lowest BCUT2D eigenvalue weighted by Gasteiger charge is -2.19. The fraction of sp³-hybridized carbons (Fsp3) is 0.130. The van der Waals surface area contributed by atoms with Gasteiger partial charge in [0.2, 0.25) is 0 Å². The van der Waals surface area contributed by atoms with E-state index in [9.17, 15) is 18.0 Å². The number of amides is 2. The molecule has 1 atom stereocenters. The van der Waals surface area contributed by atoms with Crippen LogP contribution in [0.5, 0.6) is 0 Å². The van der Waals surface area contributed by atoms with Crippen LogP contribution in [-0.4, -0.2) is 11.7 Å². The van der Waals surface area contributed by atoms with E-state index >= 15 is 0 Å². The van der Waals surface area contributed by atoms with Crippen LogP contribution in [0.2, 0.25) is 10.0 Å². The zero-order valence-electron chi connectivity index (χ0n) is 16.4. The van der Waals surface area contributed by atoms with Gasteiger partial charge >= 0.3 is 12.2 Å². The lowest BCUT2D eigenvalue weighted by atomic mass is 9.95. The Morgan fingerprint density at radius 3 is 2.19 bits per heavy atom. The number of hydrazone groups is 1. The molecule has 0 saturated carbocycles. The first-order valence-electron chi connectivity index (χ1n) is 9.53. The van der Waals surface area contributed by atoms with Gasteiger partial charge in [-0.2, -0.15) is 23.3 Å². The summed E-state index contributed by atoms with van der Waals surface area (Å²) in [5.41, 5.74) is 8.01. The van der Waals surface area contributed by atoms with Crippen molar-refractivity contribution in [3.05, 3.63) is 99.0 Å². The molecule has 0 aromatic heterocycles. The molecule has 0 aliphatic heterocycles. The lowest BCUT2D eigenvalue weighted by molar-refractivity contribution is -0.137. The van der Waals surface area contributed by atoms with Crippen LogP contribution in [0.1, 0.15) is 28.2 Å². The monoisotopic (exact) mass is 477 g/mol. The smallest absolute Gasteiger partial charge is 0.350 e. The number of benzene rings is 3. The second-order valence-electron chi connectivity index (χ2n) is 7.29. The third kappa shape index (κ3) is 4.45. The van der Waals surface area contributed by atoms with Crippen LogP contribution < -0.4 is 10.7 Å². The summed E-state index contributed by atoms with van der Waals surface area (Å²) in [5, 5.41) is 6.55. The second kappa shape index (κ2) is 8.48. The number of fused-ring (bicyclic) bond motifs is 1. The Balaban J connectivity index is 1.80. The molecule has 0 bridgehead atoms. The van der Waals surface area contributed by atoms with E-state index in [1.807, 2.05) is 18.2 Å². The number of nitrogens with zero attached hydrogens (tertiary/aromatic N) is 2. The molecule has 1 aliphatic carbocycles. The summed E-state index contributed by atoms with van der Waals surface area (Å²) in [5.74, 6) is -0.225. The van der Waals surface area contributed by atoms with Crippen LogP contribution in [0.4, 0.5) is 23.7 Å². The summed E-state index contributed by atoms with van der Waals surface area (Å²) in [4.78, 5) is 12.2. The highest BCUT2D eigenvalue weighted by Crippen LogP contribution is 2.37. The van der Waals surface area contributed by atoms with Gasteiger partial charge in [0.15, 0.2) is 0 Å². The largest absolute Gasteiger partial charge is 0.416 e. The van der Waals surface area contributed by atoms with E-state index in [1.165, 1.54) is 0 Å². The average molecular weight is 478 g/mol. The first-order chi connectivity index (χ1) is 15.1. The summed E-state index contributed by atoms with van der Waals surface area (Å²) in [6, 6.07) is 15.7. The number of halogens is 5. The topological polar surface area (TPSA) is 58.7 Å². The Kier molecular flexibility index (Phi) is 5.88. The molecule has 164 valence electrons. The number of anilines is 1. The maximum absolute atomic E-state index is 12.9. The minimum absolute atomic E-state index is 0.121. The van der Waals surface area contributed by atoms with E-state index in [2.05, 4.69) is 5.10 Å². The van der Waals surface area contributed by atoms with Crippen molar-refractivity contribution in [2.75, 3.05) is 5.01 Å². The van der Waals surface area contributed by atoms with Crippen molar-refractivity contribution >= 4 is 40.6 Å². The van der Waals surface area contributed by atoms with Gasteiger partial charge in [-0.1, -0.05) is 41.4 Å². The molecule has 1 unspecified atom stereocenters. The molecule has 0 heterocycles. The van der Waals surface area contributed by atoms with Crippen molar-refractivity contribution in [1.82, 2.24) is 0 Å². The molecule has 3 aromatic rings. The van der Waals surface area contributed by atoms with Crippen molar-refractivity contribution in [3.8, 4) is 0 Å². The molecule has 2 amide bonds. The number of alkyl halides is 3. The van der Waals surface area contributed by atoms with E-state index < -0.39 is 17.8 Å². The Morgan fingerprint density at radius 2 is 1.59 bits per heavy atom.